The third kappa shape index (κ3) is 4.04. The summed E-state index contributed by atoms with van der Waals surface area (Å²) in [5.74, 6) is -0.309. The lowest BCUT2D eigenvalue weighted by Crippen LogP contribution is -2.60. The molecule has 5 nitrogen and oxygen atoms in total. The predicted octanol–water partition coefficient (Wildman–Crippen LogP) is 4.49. The van der Waals surface area contributed by atoms with Crippen LogP contribution in [-0.4, -0.2) is 33.8 Å². The van der Waals surface area contributed by atoms with E-state index in [2.05, 4.69) is 22.4 Å². The number of carbonyl (C=O) groups excluding carboxylic acids is 2. The van der Waals surface area contributed by atoms with Crippen LogP contribution in [0, 0.1) is 0 Å². The van der Waals surface area contributed by atoms with E-state index in [9.17, 15) is 9.59 Å². The molecule has 1 aliphatic carbocycles. The van der Waals surface area contributed by atoms with Crippen LogP contribution in [0.3, 0.4) is 0 Å². The van der Waals surface area contributed by atoms with E-state index in [1.54, 1.807) is 12.4 Å². The maximum absolute atomic E-state index is 13.8. The second-order valence-corrected chi connectivity index (χ2v) is 9.10. The molecular weight excluding hydrogens is 410 g/mol. The maximum Gasteiger partial charge on any atom is 0.254 e. The molecule has 3 aromatic rings. The number of aromatic nitrogens is 1. The Kier molecular flexibility index (Phi) is 5.95. The molecule has 5 heteroatoms. The molecule has 1 saturated carbocycles. The van der Waals surface area contributed by atoms with E-state index < -0.39 is 5.54 Å². The van der Waals surface area contributed by atoms with Crippen molar-refractivity contribution >= 4 is 11.8 Å². The van der Waals surface area contributed by atoms with E-state index in [1.807, 2.05) is 59.5 Å². The second-order valence-electron chi connectivity index (χ2n) is 9.10. The van der Waals surface area contributed by atoms with Gasteiger partial charge in [0.2, 0.25) is 5.91 Å². The molecule has 1 aliphatic heterocycles. The molecule has 2 aliphatic rings. The van der Waals surface area contributed by atoms with Gasteiger partial charge in [0.25, 0.3) is 5.91 Å². The first-order valence-corrected chi connectivity index (χ1v) is 11.8. The minimum atomic E-state index is -0.484. The first-order valence-electron chi connectivity index (χ1n) is 11.8. The second kappa shape index (κ2) is 9.18. The Morgan fingerprint density at radius 3 is 2.39 bits per heavy atom. The molecule has 1 fully saturated rings. The highest BCUT2D eigenvalue weighted by molar-refractivity contribution is 6.02. The van der Waals surface area contributed by atoms with E-state index >= 15 is 0 Å². The molecule has 1 N–H and O–H groups in total. The van der Waals surface area contributed by atoms with Gasteiger partial charge in [-0.25, -0.2) is 0 Å². The number of carbonyl (C=O) groups is 2. The number of fused-ring (bicyclic) bond motifs is 1. The van der Waals surface area contributed by atoms with Crippen molar-refractivity contribution in [2.45, 2.75) is 50.1 Å². The van der Waals surface area contributed by atoms with Crippen molar-refractivity contribution < 1.29 is 9.59 Å². The molecule has 0 radical (unpaired) electrons. The van der Waals surface area contributed by atoms with Crippen LogP contribution in [0.5, 0.6) is 0 Å². The quantitative estimate of drug-likeness (QED) is 0.615. The van der Waals surface area contributed by atoms with Gasteiger partial charge in [-0.3, -0.25) is 14.6 Å². The van der Waals surface area contributed by atoms with Crippen LogP contribution in [-0.2, 0) is 17.8 Å². The molecule has 33 heavy (non-hydrogen) atoms. The molecule has 168 valence electrons. The van der Waals surface area contributed by atoms with E-state index in [0.29, 0.717) is 18.7 Å². The van der Waals surface area contributed by atoms with Crippen molar-refractivity contribution in [1.29, 1.82) is 0 Å². The Morgan fingerprint density at radius 1 is 0.939 bits per heavy atom. The molecule has 0 bridgehead atoms. The summed E-state index contributed by atoms with van der Waals surface area (Å²) in [5.41, 5.74) is 3.27. The third-order valence-corrected chi connectivity index (χ3v) is 7.20. The summed E-state index contributed by atoms with van der Waals surface area (Å²) >= 11 is 0. The highest BCUT2D eigenvalue weighted by Gasteiger charge is 2.55. The van der Waals surface area contributed by atoms with Gasteiger partial charge in [-0.1, -0.05) is 61.4 Å². The molecule has 1 atom stereocenters. The minimum Gasteiger partial charge on any atom is -0.355 e. The van der Waals surface area contributed by atoms with Gasteiger partial charge in [0.1, 0.15) is 0 Å². The molecule has 2 aromatic carbocycles. The van der Waals surface area contributed by atoms with E-state index in [4.69, 9.17) is 0 Å². The van der Waals surface area contributed by atoms with Crippen molar-refractivity contribution in [1.82, 2.24) is 15.2 Å². The fourth-order valence-corrected chi connectivity index (χ4v) is 5.64. The SMILES string of the molecule is O=C(NCCc1ccncc1)[C@@H]1c2ccccc2C(=O)N(Cc2ccccc2)C12CCCC2. The Labute approximate surface area is 194 Å². The maximum atomic E-state index is 13.8. The predicted molar refractivity (Wildman–Crippen MR) is 128 cm³/mol. The van der Waals surface area contributed by atoms with Crippen molar-refractivity contribution in [2.24, 2.45) is 0 Å². The van der Waals surface area contributed by atoms with Gasteiger partial charge in [0.05, 0.1) is 11.5 Å². The van der Waals surface area contributed by atoms with Crippen LogP contribution in [0.25, 0.3) is 0 Å². The molecule has 5 rings (SSSR count). The topological polar surface area (TPSA) is 62.3 Å². The Balaban J connectivity index is 1.48. The fourth-order valence-electron chi connectivity index (χ4n) is 5.64. The number of pyridine rings is 1. The molecule has 1 aromatic heterocycles. The zero-order valence-electron chi connectivity index (χ0n) is 18.7. The van der Waals surface area contributed by atoms with E-state index in [1.165, 1.54) is 0 Å². The Bertz CT molecular complexity index is 1120. The van der Waals surface area contributed by atoms with Gasteiger partial charge in [-0.2, -0.15) is 0 Å². The van der Waals surface area contributed by atoms with Crippen molar-refractivity contribution in [2.75, 3.05) is 6.54 Å². The minimum absolute atomic E-state index is 0.0176. The van der Waals surface area contributed by atoms with Gasteiger partial charge >= 0.3 is 0 Å². The molecule has 1 spiro atoms. The third-order valence-electron chi connectivity index (χ3n) is 7.20. The van der Waals surface area contributed by atoms with Gasteiger partial charge in [-0.15, -0.1) is 0 Å². The van der Waals surface area contributed by atoms with Crippen molar-refractivity contribution in [3.05, 3.63) is 101 Å². The summed E-state index contributed by atoms with van der Waals surface area (Å²) in [7, 11) is 0. The van der Waals surface area contributed by atoms with Gasteiger partial charge < -0.3 is 10.2 Å². The Morgan fingerprint density at radius 2 is 1.64 bits per heavy atom. The molecule has 0 saturated heterocycles. The summed E-state index contributed by atoms with van der Waals surface area (Å²) < 4.78 is 0. The summed E-state index contributed by atoms with van der Waals surface area (Å²) in [5, 5.41) is 3.19. The number of rotatable bonds is 6. The number of amides is 2. The first kappa shape index (κ1) is 21.4. The van der Waals surface area contributed by atoms with Gasteiger partial charge in [0.15, 0.2) is 0 Å². The van der Waals surface area contributed by atoms with E-state index in [0.717, 1.165) is 48.8 Å². The number of hydrogen-bond acceptors (Lipinski definition) is 3. The zero-order valence-corrected chi connectivity index (χ0v) is 18.7. The van der Waals surface area contributed by atoms with Crippen LogP contribution in [0.4, 0.5) is 0 Å². The number of nitrogens with zero attached hydrogens (tertiary/aromatic N) is 2. The number of nitrogens with one attached hydrogen (secondary N) is 1. The van der Waals surface area contributed by atoms with Crippen molar-refractivity contribution in [3.8, 4) is 0 Å². The average Bonchev–Trinajstić information content (AvgIpc) is 3.33. The smallest absolute Gasteiger partial charge is 0.254 e. The first-order chi connectivity index (χ1) is 16.2. The zero-order chi connectivity index (χ0) is 22.7. The highest BCUT2D eigenvalue weighted by Crippen LogP contribution is 2.50. The van der Waals surface area contributed by atoms with Crippen LogP contribution in [0.2, 0.25) is 0 Å². The summed E-state index contributed by atoms with van der Waals surface area (Å²) in [6.45, 7) is 1.08. The molecular formula is C28H29N3O2. The normalized spacial score (nSPS) is 18.8. The molecule has 0 unspecified atom stereocenters. The monoisotopic (exact) mass is 439 g/mol. The Hall–Kier alpha value is -3.47. The van der Waals surface area contributed by atoms with E-state index in [-0.39, 0.29) is 17.7 Å². The van der Waals surface area contributed by atoms with Gasteiger partial charge in [0, 0.05) is 31.0 Å². The number of hydrogen-bond donors (Lipinski definition) is 1. The fraction of sp³-hybridized carbons (Fsp3) is 0.321. The molecule has 2 amide bonds. The summed E-state index contributed by atoms with van der Waals surface area (Å²) in [4.78, 5) is 33.6. The lowest BCUT2D eigenvalue weighted by molar-refractivity contribution is -0.126. The van der Waals surface area contributed by atoms with Crippen LogP contribution in [0.1, 0.15) is 58.6 Å². The number of benzene rings is 2. The van der Waals surface area contributed by atoms with Crippen molar-refractivity contribution in [3.63, 3.8) is 0 Å². The summed E-state index contributed by atoms with van der Waals surface area (Å²) in [6, 6.07) is 21.7. The van der Waals surface area contributed by atoms with Crippen LogP contribution >= 0.6 is 0 Å². The largest absolute Gasteiger partial charge is 0.355 e. The lowest BCUT2D eigenvalue weighted by atomic mass is 9.71. The molecule has 2 heterocycles. The average molecular weight is 440 g/mol. The van der Waals surface area contributed by atoms with Crippen LogP contribution in [0.15, 0.2) is 79.1 Å². The standard InChI is InChI=1S/C28H29N3O2/c32-26(30-19-14-21-12-17-29-18-13-21)25-23-10-4-5-11-24(23)27(33)31(28(25)15-6-7-16-28)20-22-8-2-1-3-9-22/h1-5,8-13,17-18,25H,6-7,14-16,19-20H2,(H,30,32)/t25-/m0/s1. The van der Waals surface area contributed by atoms with Crippen LogP contribution < -0.4 is 5.32 Å². The highest BCUT2D eigenvalue weighted by atomic mass is 16.2. The van der Waals surface area contributed by atoms with Gasteiger partial charge in [-0.05, 0) is 54.2 Å². The summed E-state index contributed by atoms with van der Waals surface area (Å²) in [6.07, 6.45) is 8.06. The lowest BCUT2D eigenvalue weighted by Gasteiger charge is -2.50.